The summed E-state index contributed by atoms with van der Waals surface area (Å²) in [6.07, 6.45) is 4.74. The Morgan fingerprint density at radius 2 is 1.91 bits per heavy atom. The zero-order chi connectivity index (χ0) is 23.3. The molecule has 1 fully saturated rings. The molecule has 1 aromatic carbocycles. The van der Waals surface area contributed by atoms with Crippen LogP contribution in [-0.2, 0) is 29.1 Å². The molecule has 32 heavy (non-hydrogen) atoms. The highest BCUT2D eigenvalue weighted by Crippen LogP contribution is 2.60. The lowest BCUT2D eigenvalue weighted by molar-refractivity contribution is -0.139. The van der Waals surface area contributed by atoms with Crippen LogP contribution in [0.1, 0.15) is 33.1 Å². The molecule has 0 saturated carbocycles. The highest BCUT2D eigenvalue weighted by molar-refractivity contribution is 7.89. The predicted octanol–water partition coefficient (Wildman–Crippen LogP) is 2.40. The third kappa shape index (κ3) is 3.09. The number of esters is 1. The van der Waals surface area contributed by atoms with Gasteiger partial charge in [-0.2, -0.15) is 0 Å². The Morgan fingerprint density at radius 3 is 2.53 bits per heavy atom. The molecule has 1 aromatic rings. The fraction of sp³-hybridized carbons (Fsp3) is 0.435. The molecule has 9 heteroatoms. The van der Waals surface area contributed by atoms with Crippen LogP contribution in [0.5, 0.6) is 5.75 Å². The summed E-state index contributed by atoms with van der Waals surface area (Å²) in [5, 5.41) is 0. The molecular formula is C23H25NO7S. The zero-order valence-corrected chi connectivity index (χ0v) is 19.0. The standard InChI is InChI=1S/C23H25NO7S/c1-4-31-20(26)15-9-12-23(14-15)19-13-16(25)10-11-22(19,2)24(21(23)27)32(28,29)18-7-5-17(30-3)6-8-18/h5-11,19H,4,12-14H2,1-3H3/t19-,22+,23-/m0/s1. The minimum atomic E-state index is -4.24. The van der Waals surface area contributed by atoms with Gasteiger partial charge in [-0.1, -0.05) is 12.2 Å². The van der Waals surface area contributed by atoms with Crippen molar-refractivity contribution in [2.45, 2.75) is 43.5 Å². The van der Waals surface area contributed by atoms with E-state index in [1.807, 2.05) is 0 Å². The van der Waals surface area contributed by atoms with E-state index in [-0.39, 0.29) is 36.5 Å². The van der Waals surface area contributed by atoms with Gasteiger partial charge in [-0.05, 0) is 57.0 Å². The maximum atomic E-state index is 13.9. The number of hydrogen-bond donors (Lipinski definition) is 0. The molecule has 2 aliphatic carbocycles. The Kier molecular flexibility index (Phi) is 5.27. The Balaban J connectivity index is 1.80. The lowest BCUT2D eigenvalue weighted by Gasteiger charge is -2.39. The maximum absolute atomic E-state index is 13.9. The number of carbonyl (C=O) groups is 3. The van der Waals surface area contributed by atoms with Crippen molar-refractivity contribution in [1.29, 1.82) is 0 Å². The van der Waals surface area contributed by atoms with Crippen molar-refractivity contribution < 1.29 is 32.3 Å². The average molecular weight is 460 g/mol. The number of rotatable bonds is 5. The number of allylic oxidation sites excluding steroid dienone is 2. The zero-order valence-electron chi connectivity index (χ0n) is 18.2. The van der Waals surface area contributed by atoms with Gasteiger partial charge in [0, 0.05) is 17.9 Å². The summed E-state index contributed by atoms with van der Waals surface area (Å²) in [6, 6.07) is 5.80. The molecule has 0 aromatic heterocycles. The van der Waals surface area contributed by atoms with E-state index in [1.165, 1.54) is 43.5 Å². The average Bonchev–Trinajstić information content (AvgIpc) is 3.29. The van der Waals surface area contributed by atoms with Crippen LogP contribution in [0.15, 0.2) is 53.0 Å². The first kappa shape index (κ1) is 22.3. The van der Waals surface area contributed by atoms with Gasteiger partial charge >= 0.3 is 5.97 Å². The third-order valence-corrected chi connectivity index (χ3v) is 8.69. The normalized spacial score (nSPS) is 29.3. The van der Waals surface area contributed by atoms with Crippen molar-refractivity contribution in [2.24, 2.45) is 11.3 Å². The molecule has 1 spiro atoms. The number of sulfonamides is 1. The quantitative estimate of drug-likeness (QED) is 0.622. The van der Waals surface area contributed by atoms with Crippen molar-refractivity contribution in [3.63, 3.8) is 0 Å². The molecule has 1 saturated heterocycles. The van der Waals surface area contributed by atoms with Gasteiger partial charge in [0.15, 0.2) is 5.78 Å². The summed E-state index contributed by atoms with van der Waals surface area (Å²) in [4.78, 5) is 38.5. The third-order valence-electron chi connectivity index (χ3n) is 6.79. The summed E-state index contributed by atoms with van der Waals surface area (Å²) in [7, 11) is -2.77. The topological polar surface area (TPSA) is 107 Å². The van der Waals surface area contributed by atoms with Crippen molar-refractivity contribution in [1.82, 2.24) is 4.31 Å². The maximum Gasteiger partial charge on any atom is 0.333 e. The van der Waals surface area contributed by atoms with E-state index in [1.54, 1.807) is 19.9 Å². The molecule has 0 radical (unpaired) electrons. The fourth-order valence-corrected chi connectivity index (χ4v) is 7.00. The number of methoxy groups -OCH3 is 1. The Bertz CT molecular complexity index is 1150. The SMILES string of the molecule is CCOC(=O)C1=CC[C@@]2(C1)C(=O)N(S(=O)(=O)c1ccc(OC)cc1)[C@]1(C)C=CC(=O)C[C@H]21. The summed E-state index contributed by atoms with van der Waals surface area (Å²) in [5.74, 6) is -1.41. The highest BCUT2D eigenvalue weighted by Gasteiger charge is 2.68. The number of benzene rings is 1. The second-order valence-electron chi connectivity index (χ2n) is 8.52. The molecule has 1 heterocycles. The number of amides is 1. The summed E-state index contributed by atoms with van der Waals surface area (Å²) < 4.78 is 38.5. The van der Waals surface area contributed by atoms with Crippen LogP contribution in [0.3, 0.4) is 0 Å². The smallest absolute Gasteiger partial charge is 0.333 e. The van der Waals surface area contributed by atoms with E-state index in [0.717, 1.165) is 4.31 Å². The minimum Gasteiger partial charge on any atom is -0.497 e. The highest BCUT2D eigenvalue weighted by atomic mass is 32.2. The minimum absolute atomic E-state index is 0.0251. The number of hydrogen-bond acceptors (Lipinski definition) is 7. The Hall–Kier alpha value is -2.94. The number of carbonyl (C=O) groups excluding carboxylic acids is 3. The van der Waals surface area contributed by atoms with E-state index in [4.69, 9.17) is 9.47 Å². The van der Waals surface area contributed by atoms with Gasteiger partial charge in [0.25, 0.3) is 10.0 Å². The molecule has 0 N–H and O–H groups in total. The van der Waals surface area contributed by atoms with Gasteiger partial charge in [-0.3, -0.25) is 9.59 Å². The summed E-state index contributed by atoms with van der Waals surface area (Å²) >= 11 is 0. The first-order valence-electron chi connectivity index (χ1n) is 10.4. The van der Waals surface area contributed by atoms with Gasteiger partial charge < -0.3 is 9.47 Å². The van der Waals surface area contributed by atoms with E-state index in [0.29, 0.717) is 11.3 Å². The molecule has 3 aliphatic rings. The van der Waals surface area contributed by atoms with Crippen LogP contribution in [0.25, 0.3) is 0 Å². The molecule has 170 valence electrons. The predicted molar refractivity (Wildman–Crippen MR) is 114 cm³/mol. The van der Waals surface area contributed by atoms with Crippen LogP contribution in [-0.4, -0.2) is 49.6 Å². The molecule has 4 rings (SSSR count). The molecule has 3 atom stereocenters. The first-order chi connectivity index (χ1) is 15.1. The van der Waals surface area contributed by atoms with Gasteiger partial charge in [-0.15, -0.1) is 0 Å². The van der Waals surface area contributed by atoms with E-state index < -0.39 is 38.8 Å². The lowest BCUT2D eigenvalue weighted by atomic mass is 9.64. The molecule has 1 amide bonds. The van der Waals surface area contributed by atoms with Gasteiger partial charge in [0.05, 0.1) is 29.6 Å². The van der Waals surface area contributed by atoms with Crippen LogP contribution in [0.4, 0.5) is 0 Å². The second kappa shape index (κ2) is 7.58. The van der Waals surface area contributed by atoms with E-state index >= 15 is 0 Å². The van der Waals surface area contributed by atoms with Crippen molar-refractivity contribution >= 4 is 27.7 Å². The van der Waals surface area contributed by atoms with E-state index in [2.05, 4.69) is 0 Å². The lowest BCUT2D eigenvalue weighted by Crippen LogP contribution is -2.50. The largest absolute Gasteiger partial charge is 0.497 e. The van der Waals surface area contributed by atoms with Crippen LogP contribution >= 0.6 is 0 Å². The number of ketones is 1. The summed E-state index contributed by atoms with van der Waals surface area (Å²) in [6.45, 7) is 3.54. The van der Waals surface area contributed by atoms with Crippen molar-refractivity contribution in [3.05, 3.63) is 48.1 Å². The molecular weight excluding hydrogens is 434 g/mol. The summed E-state index contributed by atoms with van der Waals surface area (Å²) in [5.41, 5.74) is -2.09. The van der Waals surface area contributed by atoms with Crippen LogP contribution in [0.2, 0.25) is 0 Å². The molecule has 8 nitrogen and oxygen atoms in total. The van der Waals surface area contributed by atoms with Crippen molar-refractivity contribution in [2.75, 3.05) is 13.7 Å². The van der Waals surface area contributed by atoms with E-state index in [9.17, 15) is 22.8 Å². The number of nitrogens with zero attached hydrogens (tertiary/aromatic N) is 1. The van der Waals surface area contributed by atoms with Gasteiger partial charge in [0.2, 0.25) is 5.91 Å². The molecule has 1 aliphatic heterocycles. The first-order valence-corrected chi connectivity index (χ1v) is 11.9. The van der Waals surface area contributed by atoms with Gasteiger partial charge in [-0.25, -0.2) is 17.5 Å². The fourth-order valence-electron chi connectivity index (χ4n) is 5.21. The van der Waals surface area contributed by atoms with Crippen LogP contribution < -0.4 is 4.74 Å². The Morgan fingerprint density at radius 1 is 1.22 bits per heavy atom. The monoisotopic (exact) mass is 459 g/mol. The Labute approximate surface area is 186 Å². The van der Waals surface area contributed by atoms with Crippen LogP contribution in [0, 0.1) is 11.3 Å². The molecule has 0 unspecified atom stereocenters. The molecule has 0 bridgehead atoms. The second-order valence-corrected chi connectivity index (χ2v) is 10.3. The van der Waals surface area contributed by atoms with Crippen molar-refractivity contribution in [3.8, 4) is 5.75 Å². The van der Waals surface area contributed by atoms with Gasteiger partial charge in [0.1, 0.15) is 5.75 Å². The number of fused-ring (bicyclic) bond motifs is 2. The number of ether oxygens (including phenoxy) is 2.